The second-order valence-electron chi connectivity index (χ2n) is 7.14. The summed E-state index contributed by atoms with van der Waals surface area (Å²) >= 11 is 0. The number of nitro benzene ring substituents is 1. The van der Waals surface area contributed by atoms with Crippen LogP contribution >= 0.6 is 0 Å². The molecule has 0 saturated carbocycles. The first kappa shape index (κ1) is 20.0. The molecule has 0 unspecified atom stereocenters. The van der Waals surface area contributed by atoms with Crippen LogP contribution in [0.2, 0.25) is 0 Å². The first-order valence-electron chi connectivity index (χ1n) is 8.71. The lowest BCUT2D eigenvalue weighted by Crippen LogP contribution is -2.43. The molecule has 0 N–H and O–H groups in total. The van der Waals surface area contributed by atoms with Crippen LogP contribution in [-0.4, -0.2) is 53.9 Å². The van der Waals surface area contributed by atoms with Crippen LogP contribution in [0.15, 0.2) is 24.3 Å². The Balaban J connectivity index is 1.63. The fourth-order valence-electron chi connectivity index (χ4n) is 2.57. The van der Waals surface area contributed by atoms with Crippen molar-refractivity contribution in [1.29, 1.82) is 0 Å². The molecule has 26 heavy (non-hydrogen) atoms. The quantitative estimate of drug-likeness (QED) is 0.435. The Labute approximate surface area is 153 Å². The zero-order valence-electron chi connectivity index (χ0n) is 15.5. The average molecular weight is 366 g/mol. The predicted molar refractivity (Wildman–Crippen MR) is 95.4 cm³/mol. The summed E-state index contributed by atoms with van der Waals surface area (Å²) in [5, 5.41) is 10.6. The van der Waals surface area contributed by atoms with Crippen LogP contribution in [0.25, 0.3) is 0 Å². The molecule has 0 spiro atoms. The summed E-state index contributed by atoms with van der Waals surface area (Å²) < 4.78 is 16.7. The number of hydrogen-bond acceptors (Lipinski definition) is 6. The third-order valence-electron chi connectivity index (χ3n) is 3.85. The number of likely N-dealkylation sites (tertiary alicyclic amines) is 1. The standard InChI is InChI=1S/C18H26N2O6/c1-18(2,3)26-17(21)19-10-8-16(9-11-19)25-13-12-24-15-6-4-14(5-7-15)20(22)23/h4-7,16H,8-13H2,1-3H3. The number of hydrogen-bond donors (Lipinski definition) is 0. The number of nitro groups is 1. The van der Waals surface area contributed by atoms with Crippen LogP contribution in [0, 0.1) is 10.1 Å². The first-order valence-corrected chi connectivity index (χ1v) is 8.71. The van der Waals surface area contributed by atoms with Gasteiger partial charge in [0.05, 0.1) is 17.6 Å². The van der Waals surface area contributed by atoms with Crippen LogP contribution in [0.4, 0.5) is 10.5 Å². The number of carbonyl (C=O) groups excluding carboxylic acids is 1. The SMILES string of the molecule is CC(C)(C)OC(=O)N1CCC(OCCOc2ccc([N+](=O)[O-])cc2)CC1. The third-order valence-corrected chi connectivity index (χ3v) is 3.85. The highest BCUT2D eigenvalue weighted by molar-refractivity contribution is 5.68. The van der Waals surface area contributed by atoms with E-state index in [-0.39, 0.29) is 17.9 Å². The number of non-ortho nitro benzene ring substituents is 1. The fourth-order valence-corrected chi connectivity index (χ4v) is 2.57. The lowest BCUT2D eigenvalue weighted by atomic mass is 10.1. The van der Waals surface area contributed by atoms with Crippen molar-refractivity contribution in [3.8, 4) is 5.75 Å². The van der Waals surface area contributed by atoms with E-state index in [4.69, 9.17) is 14.2 Å². The van der Waals surface area contributed by atoms with E-state index in [1.54, 1.807) is 17.0 Å². The smallest absolute Gasteiger partial charge is 0.410 e. The van der Waals surface area contributed by atoms with Crippen molar-refractivity contribution >= 4 is 11.8 Å². The second-order valence-corrected chi connectivity index (χ2v) is 7.14. The number of amides is 1. The van der Waals surface area contributed by atoms with Crippen LogP contribution in [0.5, 0.6) is 5.75 Å². The van der Waals surface area contributed by atoms with Gasteiger partial charge in [-0.3, -0.25) is 10.1 Å². The summed E-state index contributed by atoms with van der Waals surface area (Å²) in [4.78, 5) is 23.9. The summed E-state index contributed by atoms with van der Waals surface area (Å²) in [7, 11) is 0. The maximum atomic E-state index is 12.0. The van der Waals surface area contributed by atoms with Crippen molar-refractivity contribution in [3.05, 3.63) is 34.4 Å². The van der Waals surface area contributed by atoms with Gasteiger partial charge in [0.2, 0.25) is 0 Å². The number of nitrogens with zero attached hydrogens (tertiary/aromatic N) is 2. The molecule has 8 nitrogen and oxygen atoms in total. The van der Waals surface area contributed by atoms with E-state index in [1.807, 2.05) is 20.8 Å². The highest BCUT2D eigenvalue weighted by atomic mass is 16.6. The van der Waals surface area contributed by atoms with Gasteiger partial charge in [-0.25, -0.2) is 4.79 Å². The molecular formula is C18H26N2O6. The summed E-state index contributed by atoms with van der Waals surface area (Å²) in [6.07, 6.45) is 1.33. The highest BCUT2D eigenvalue weighted by Crippen LogP contribution is 2.19. The summed E-state index contributed by atoms with van der Waals surface area (Å²) in [5.74, 6) is 0.568. The third kappa shape index (κ3) is 6.51. The van der Waals surface area contributed by atoms with Crippen molar-refractivity contribution in [2.45, 2.75) is 45.3 Å². The molecule has 0 radical (unpaired) electrons. The average Bonchev–Trinajstić information content (AvgIpc) is 2.58. The lowest BCUT2D eigenvalue weighted by molar-refractivity contribution is -0.384. The Morgan fingerprint density at radius 3 is 2.35 bits per heavy atom. The number of benzene rings is 1. The van der Waals surface area contributed by atoms with Gasteiger partial charge in [0.25, 0.3) is 5.69 Å². The normalized spacial score (nSPS) is 15.6. The van der Waals surface area contributed by atoms with Gasteiger partial charge in [-0.1, -0.05) is 0 Å². The Morgan fingerprint density at radius 1 is 1.19 bits per heavy atom. The molecule has 1 saturated heterocycles. The van der Waals surface area contributed by atoms with E-state index in [2.05, 4.69) is 0 Å². The minimum Gasteiger partial charge on any atom is -0.491 e. The minimum absolute atomic E-state index is 0.0327. The summed E-state index contributed by atoms with van der Waals surface area (Å²) in [6.45, 7) is 7.58. The van der Waals surface area contributed by atoms with E-state index in [0.29, 0.717) is 32.1 Å². The zero-order valence-corrected chi connectivity index (χ0v) is 15.5. The van der Waals surface area contributed by atoms with Crippen molar-refractivity contribution in [2.75, 3.05) is 26.3 Å². The molecule has 1 aromatic rings. The summed E-state index contributed by atoms with van der Waals surface area (Å²) in [5.41, 5.74) is -0.454. The molecule has 0 atom stereocenters. The van der Waals surface area contributed by atoms with E-state index < -0.39 is 10.5 Å². The van der Waals surface area contributed by atoms with Crippen molar-refractivity contribution in [1.82, 2.24) is 4.90 Å². The molecule has 1 amide bonds. The van der Waals surface area contributed by atoms with Gasteiger partial charge in [-0.15, -0.1) is 0 Å². The largest absolute Gasteiger partial charge is 0.491 e. The monoisotopic (exact) mass is 366 g/mol. The molecule has 1 fully saturated rings. The number of ether oxygens (including phenoxy) is 3. The van der Waals surface area contributed by atoms with E-state index in [9.17, 15) is 14.9 Å². The zero-order chi connectivity index (χ0) is 19.2. The van der Waals surface area contributed by atoms with Gasteiger partial charge in [0.1, 0.15) is 18.0 Å². The van der Waals surface area contributed by atoms with E-state index in [0.717, 1.165) is 12.8 Å². The Hall–Kier alpha value is -2.35. The van der Waals surface area contributed by atoms with E-state index in [1.165, 1.54) is 12.1 Å². The molecule has 1 heterocycles. The van der Waals surface area contributed by atoms with Crippen LogP contribution in [0.1, 0.15) is 33.6 Å². The number of carbonyl (C=O) groups is 1. The van der Waals surface area contributed by atoms with Crippen molar-refractivity contribution in [2.24, 2.45) is 0 Å². The van der Waals surface area contributed by atoms with Crippen LogP contribution in [-0.2, 0) is 9.47 Å². The highest BCUT2D eigenvalue weighted by Gasteiger charge is 2.27. The van der Waals surface area contributed by atoms with Crippen molar-refractivity contribution in [3.63, 3.8) is 0 Å². The molecular weight excluding hydrogens is 340 g/mol. The van der Waals surface area contributed by atoms with E-state index >= 15 is 0 Å². The molecule has 0 bridgehead atoms. The fraction of sp³-hybridized carbons (Fsp3) is 0.611. The summed E-state index contributed by atoms with van der Waals surface area (Å²) in [6, 6.07) is 5.94. The Morgan fingerprint density at radius 2 is 1.81 bits per heavy atom. The van der Waals surface area contributed by atoms with Crippen molar-refractivity contribution < 1.29 is 23.9 Å². The molecule has 144 valence electrons. The molecule has 0 aliphatic carbocycles. The van der Waals surface area contributed by atoms with Crippen LogP contribution in [0.3, 0.4) is 0 Å². The molecule has 1 aliphatic heterocycles. The van der Waals surface area contributed by atoms with Gasteiger partial charge in [0.15, 0.2) is 0 Å². The predicted octanol–water partition coefficient (Wildman–Crippen LogP) is 3.39. The number of rotatable bonds is 6. The van der Waals surface area contributed by atoms with Gasteiger partial charge in [-0.2, -0.15) is 0 Å². The van der Waals surface area contributed by atoms with Gasteiger partial charge in [-0.05, 0) is 45.7 Å². The molecule has 8 heteroatoms. The topological polar surface area (TPSA) is 91.1 Å². The molecule has 0 aromatic heterocycles. The molecule has 1 aromatic carbocycles. The molecule has 1 aliphatic rings. The second kappa shape index (κ2) is 8.84. The van der Waals surface area contributed by atoms with Gasteiger partial charge < -0.3 is 19.1 Å². The lowest BCUT2D eigenvalue weighted by Gasteiger charge is -2.33. The first-order chi connectivity index (χ1) is 12.2. The minimum atomic E-state index is -0.486. The maximum absolute atomic E-state index is 12.0. The van der Waals surface area contributed by atoms with Crippen LogP contribution < -0.4 is 4.74 Å². The Bertz CT molecular complexity index is 603. The van der Waals surface area contributed by atoms with Gasteiger partial charge >= 0.3 is 6.09 Å². The van der Waals surface area contributed by atoms with Gasteiger partial charge in [0, 0.05) is 25.2 Å². The molecule has 2 rings (SSSR count). The Kier molecular flexibility index (Phi) is 6.79. The number of piperidine rings is 1. The maximum Gasteiger partial charge on any atom is 0.410 e.